The number of anilines is 2. The van der Waals surface area contributed by atoms with E-state index in [1.54, 1.807) is 32.9 Å². The molecule has 0 bridgehead atoms. The van der Waals surface area contributed by atoms with E-state index < -0.39 is 75.1 Å². The van der Waals surface area contributed by atoms with E-state index in [0.717, 1.165) is 27.2 Å². The molecule has 2 aromatic heterocycles. The molecule has 0 fully saturated rings. The van der Waals surface area contributed by atoms with Crippen molar-refractivity contribution in [1.29, 1.82) is 0 Å². The molecule has 0 aliphatic heterocycles. The van der Waals surface area contributed by atoms with Crippen LogP contribution in [0.3, 0.4) is 0 Å². The van der Waals surface area contributed by atoms with Crippen molar-refractivity contribution in [2.45, 2.75) is 83.7 Å². The Morgan fingerprint density at radius 2 is 1.29 bits per heavy atom. The first-order valence-corrected chi connectivity index (χ1v) is 22.6. The second-order valence-corrected chi connectivity index (χ2v) is 18.7. The average Bonchev–Trinajstić information content (AvgIpc) is 3.17. The van der Waals surface area contributed by atoms with Gasteiger partial charge in [0.1, 0.15) is 5.82 Å². The smallest absolute Gasteiger partial charge is 0.847 e. The maximum Gasteiger partial charge on any atom is 2.00 e. The normalized spacial score (nSPS) is 14.1. The molecule has 0 radical (unpaired) electrons. The molecular weight excluding hydrogens is 892 g/mol. The van der Waals surface area contributed by atoms with Gasteiger partial charge in [-0.3, -0.25) is 4.79 Å². The maximum atomic E-state index is 13.5. The molecule has 0 unspecified atom stereocenters. The van der Waals surface area contributed by atoms with Crippen LogP contribution in [-0.2, 0) is 29.6 Å². The summed E-state index contributed by atoms with van der Waals surface area (Å²) in [6.07, 6.45) is 2.69. The number of carboxylic acids is 2. The molecule has 63 heavy (non-hydrogen) atoms. The Morgan fingerprint density at radius 1 is 0.810 bits per heavy atom. The predicted octanol–water partition coefficient (Wildman–Crippen LogP) is 1.46. The van der Waals surface area contributed by atoms with E-state index >= 15 is 0 Å². The van der Waals surface area contributed by atoms with E-state index in [2.05, 4.69) is 26.5 Å². The van der Waals surface area contributed by atoms with E-state index in [9.17, 15) is 56.3 Å². The van der Waals surface area contributed by atoms with Crippen LogP contribution < -0.4 is 18.8 Å². The number of rotatable bonds is 19. The van der Waals surface area contributed by atoms with Gasteiger partial charge in [0.15, 0.2) is 0 Å². The van der Waals surface area contributed by atoms with Gasteiger partial charge in [0, 0.05) is 43.2 Å². The fourth-order valence-corrected chi connectivity index (χ4v) is 6.11. The van der Waals surface area contributed by atoms with E-state index in [1.165, 1.54) is 56.6 Å². The topological polar surface area (TPSA) is 288 Å². The summed E-state index contributed by atoms with van der Waals surface area (Å²) >= 11 is 0. The fourth-order valence-electron chi connectivity index (χ4n) is 5.35. The third-order valence-corrected chi connectivity index (χ3v) is 11.2. The van der Waals surface area contributed by atoms with Crippen molar-refractivity contribution in [2.75, 3.05) is 35.2 Å². The first-order chi connectivity index (χ1) is 28.6. The fraction of sp³-hybridized carbons (Fsp3) is 0.415. The summed E-state index contributed by atoms with van der Waals surface area (Å²) in [5.41, 5.74) is 3.60. The molecule has 1 aromatic carbocycles. The zero-order chi connectivity index (χ0) is 47.4. The van der Waals surface area contributed by atoms with Crippen LogP contribution in [0.25, 0.3) is 29.0 Å². The summed E-state index contributed by atoms with van der Waals surface area (Å²) in [4.78, 5) is 38.9. The zero-order valence-corrected chi connectivity index (χ0v) is 40.3. The van der Waals surface area contributed by atoms with Gasteiger partial charge in [-0.05, 0) is 48.6 Å². The average molecular weight is 945 g/mol. The molecule has 0 saturated heterocycles. The largest absolute Gasteiger partial charge is 2.00 e. The van der Waals surface area contributed by atoms with Crippen molar-refractivity contribution in [3.8, 4) is 11.3 Å². The maximum absolute atomic E-state index is 13.5. The van der Waals surface area contributed by atoms with Crippen LogP contribution in [-0.4, -0.2) is 158 Å². The van der Waals surface area contributed by atoms with Crippen LogP contribution in [0.4, 0.5) is 16.3 Å². The third kappa shape index (κ3) is 17.0. The van der Waals surface area contributed by atoms with Gasteiger partial charge in [-0.2, -0.15) is 0 Å². The van der Waals surface area contributed by atoms with Gasteiger partial charge in [0.25, 0.3) is 0 Å². The standard InChI is InChI=1S/C21H25FN3O6S.C20H29N3O6S.Ca/c1-12(2)19-15(9-10-16(26)17(27)11-18(28)29)20(13-5-7-14(22)8-6-13)24-21(23-19)25(3)32(4,30)31;1-7-8-13(4)19-14(9-10-15(24)16(25)11-17(26)27)18(12(2)3)21-20(22-19)23(5)30(6,28)29;/h5-10,12,16-17,27H,11H2,1-4H3,(H,28,29);7-10,12,15-16,24-25H,1,11H2,2-6H3,(H,26,27);/q-1;;+2/p-1/b10-9+;10-9-,13-8+;/t16-,17+;15-,16+;/m11./s1. The summed E-state index contributed by atoms with van der Waals surface area (Å²) in [6, 6.07) is 5.31. The summed E-state index contributed by atoms with van der Waals surface area (Å²) in [5.74, 6) is -3.75. The number of aliphatic hydroxyl groups is 3. The summed E-state index contributed by atoms with van der Waals surface area (Å²) < 4.78 is 63.3. The number of carbonyl (C=O) groups excluding carboxylic acids is 1. The van der Waals surface area contributed by atoms with Crippen LogP contribution in [0.2, 0.25) is 0 Å². The van der Waals surface area contributed by atoms with Gasteiger partial charge in [-0.1, -0.05) is 76.8 Å². The molecule has 0 amide bonds. The summed E-state index contributed by atoms with van der Waals surface area (Å²) in [6.45, 7) is 12.8. The van der Waals surface area contributed by atoms with Crippen molar-refractivity contribution in [3.63, 3.8) is 0 Å². The molecule has 340 valence electrons. The molecule has 0 spiro atoms. The molecule has 22 heteroatoms. The number of aliphatic hydroxyl groups excluding tert-OH is 3. The number of allylic oxidation sites excluding steroid dienone is 3. The molecule has 2 heterocycles. The van der Waals surface area contributed by atoms with E-state index in [-0.39, 0.29) is 67.2 Å². The van der Waals surface area contributed by atoms with Gasteiger partial charge in [0.05, 0.1) is 60.0 Å². The molecular formula is C41H53CaFN6O12S2. The van der Waals surface area contributed by atoms with Gasteiger partial charge in [-0.15, -0.1) is 0 Å². The molecule has 0 aliphatic carbocycles. The van der Waals surface area contributed by atoms with Crippen molar-refractivity contribution in [2.24, 2.45) is 0 Å². The Bertz CT molecular complexity index is 2400. The van der Waals surface area contributed by atoms with Gasteiger partial charge < -0.3 is 35.4 Å². The number of sulfonamides is 2. The SMILES string of the molecule is C=C/C=C(\C)c1nc(N(C)S(C)(=O)=O)nc(C(C)C)c1/C=C\[C@@H](O)[C@@H](O)CC(=O)O.CC(C)c1nc(N(C)S(C)(=O)=O)nc(-c2ccc(F)cc2)c1/C=C/[C@@H]([O-])[C@@H](O)CC(=O)[O-].[Ca+2]. The number of carbonyl (C=O) groups is 2. The second-order valence-electron chi connectivity index (χ2n) is 14.7. The number of hydrogen-bond donors (Lipinski definition) is 4. The van der Waals surface area contributed by atoms with Gasteiger partial charge >= 0.3 is 43.7 Å². The first-order valence-electron chi connectivity index (χ1n) is 18.9. The molecule has 0 saturated carbocycles. The minimum atomic E-state index is -3.68. The zero-order valence-electron chi connectivity index (χ0n) is 36.5. The van der Waals surface area contributed by atoms with E-state index in [1.807, 2.05) is 13.8 Å². The number of benzene rings is 1. The van der Waals surface area contributed by atoms with Crippen LogP contribution in [0.15, 0.2) is 55.1 Å². The Hall–Kier alpha value is -4.19. The second kappa shape index (κ2) is 24.8. The Balaban J connectivity index is 0.000000622. The van der Waals surface area contributed by atoms with Crippen LogP contribution in [0.1, 0.15) is 87.5 Å². The van der Waals surface area contributed by atoms with Crippen molar-refractivity contribution < 1.29 is 61.5 Å². The number of carboxylic acid groups (broad SMARTS) is 2. The quantitative estimate of drug-likeness (QED) is 0.0977. The number of halogens is 1. The van der Waals surface area contributed by atoms with Crippen molar-refractivity contribution in [3.05, 3.63) is 89.2 Å². The molecule has 4 atom stereocenters. The van der Waals surface area contributed by atoms with Gasteiger partial charge in [-0.25, -0.2) is 49.8 Å². The third-order valence-electron chi connectivity index (χ3n) is 8.88. The number of nitrogens with zero attached hydrogens (tertiary/aromatic N) is 6. The molecule has 3 rings (SSSR count). The monoisotopic (exact) mass is 944 g/mol. The molecule has 18 nitrogen and oxygen atoms in total. The van der Waals surface area contributed by atoms with E-state index in [4.69, 9.17) is 5.11 Å². The summed E-state index contributed by atoms with van der Waals surface area (Å²) in [7, 11) is -4.62. The minimum absolute atomic E-state index is 0. The Labute approximate surface area is 397 Å². The van der Waals surface area contributed by atoms with Gasteiger partial charge in [0.2, 0.25) is 31.9 Å². The van der Waals surface area contributed by atoms with Crippen LogP contribution >= 0.6 is 0 Å². The van der Waals surface area contributed by atoms with Crippen molar-refractivity contribution >= 4 is 99.3 Å². The first kappa shape index (κ1) is 56.8. The van der Waals surface area contributed by atoms with E-state index in [0.29, 0.717) is 39.3 Å². The molecule has 4 N–H and O–H groups in total. The Morgan fingerprint density at radius 3 is 1.73 bits per heavy atom. The predicted molar refractivity (Wildman–Crippen MR) is 235 cm³/mol. The summed E-state index contributed by atoms with van der Waals surface area (Å²) in [5, 5.41) is 61.2. The molecule has 3 aromatic rings. The van der Waals surface area contributed by atoms with Crippen LogP contribution in [0, 0.1) is 5.82 Å². The van der Waals surface area contributed by atoms with Crippen molar-refractivity contribution in [1.82, 2.24) is 19.9 Å². The minimum Gasteiger partial charge on any atom is -0.847 e. The molecule has 0 aliphatic rings. The number of hydrogen-bond acceptors (Lipinski definition) is 15. The Kier molecular flexibility index (Phi) is 22.3. The number of aromatic nitrogens is 4. The number of aliphatic carboxylic acids is 2. The van der Waals surface area contributed by atoms with Crippen LogP contribution in [0.5, 0.6) is 0 Å².